The van der Waals surface area contributed by atoms with Gasteiger partial charge in [0.15, 0.2) is 0 Å². The summed E-state index contributed by atoms with van der Waals surface area (Å²) < 4.78 is 7.60. The maximum Gasteiger partial charge on any atom is 0.254 e. The fourth-order valence-corrected chi connectivity index (χ4v) is 3.47. The van der Waals surface area contributed by atoms with Gasteiger partial charge in [-0.1, -0.05) is 32.9 Å². The van der Waals surface area contributed by atoms with E-state index in [9.17, 15) is 9.59 Å². The highest BCUT2D eigenvalue weighted by molar-refractivity contribution is 5.94. The molecule has 1 fully saturated rings. The number of likely N-dealkylation sites (tertiary alicyclic amines) is 1. The zero-order valence-electron chi connectivity index (χ0n) is 17.5. The minimum absolute atomic E-state index is 0.0267. The van der Waals surface area contributed by atoms with E-state index in [0.29, 0.717) is 18.8 Å². The number of benzene rings is 1. The van der Waals surface area contributed by atoms with Crippen LogP contribution in [0.5, 0.6) is 5.75 Å². The number of carbonyl (C=O) groups is 1. The van der Waals surface area contributed by atoms with E-state index in [1.54, 1.807) is 11.6 Å². The van der Waals surface area contributed by atoms with Crippen LogP contribution in [0.4, 0.5) is 0 Å². The van der Waals surface area contributed by atoms with E-state index in [1.165, 1.54) is 11.6 Å². The number of hydrogen-bond acceptors (Lipinski definition) is 3. The van der Waals surface area contributed by atoms with Gasteiger partial charge in [0.25, 0.3) is 11.5 Å². The Bertz CT molecular complexity index is 899. The average Bonchev–Trinajstić information content (AvgIpc) is 2.65. The second-order valence-corrected chi connectivity index (χ2v) is 8.67. The van der Waals surface area contributed by atoms with E-state index in [0.717, 1.165) is 24.1 Å². The normalized spacial score (nSPS) is 15.5. The number of nitrogens with zero attached hydrogens (tertiary/aromatic N) is 2. The summed E-state index contributed by atoms with van der Waals surface area (Å²) in [6, 6.07) is 11.3. The first-order valence-corrected chi connectivity index (χ1v) is 9.89. The lowest BCUT2D eigenvalue weighted by Gasteiger charge is -2.32. The summed E-state index contributed by atoms with van der Waals surface area (Å²) >= 11 is 0. The van der Waals surface area contributed by atoms with Gasteiger partial charge in [-0.2, -0.15) is 0 Å². The lowest BCUT2D eigenvalue weighted by atomic mass is 9.86. The molecule has 1 amide bonds. The highest BCUT2D eigenvalue weighted by atomic mass is 16.5. The highest BCUT2D eigenvalue weighted by Crippen LogP contribution is 2.24. The van der Waals surface area contributed by atoms with Gasteiger partial charge in [0.1, 0.15) is 11.9 Å². The molecule has 5 nitrogen and oxygen atoms in total. The number of rotatable bonds is 3. The van der Waals surface area contributed by atoms with Crippen molar-refractivity contribution in [3.05, 3.63) is 63.6 Å². The van der Waals surface area contributed by atoms with Crippen LogP contribution in [-0.2, 0) is 12.5 Å². The number of piperidine rings is 1. The van der Waals surface area contributed by atoms with Crippen LogP contribution in [0.2, 0.25) is 0 Å². The molecule has 2 aromatic rings. The Labute approximate surface area is 166 Å². The van der Waals surface area contributed by atoms with Crippen LogP contribution in [0, 0.1) is 6.92 Å². The van der Waals surface area contributed by atoms with Crippen molar-refractivity contribution in [2.45, 2.75) is 52.1 Å². The predicted octanol–water partition coefficient (Wildman–Crippen LogP) is 3.67. The van der Waals surface area contributed by atoms with Crippen molar-refractivity contribution in [2.24, 2.45) is 7.05 Å². The number of aromatic nitrogens is 1. The number of hydrogen-bond donors (Lipinski definition) is 0. The smallest absolute Gasteiger partial charge is 0.254 e. The molecule has 1 aliphatic heterocycles. The van der Waals surface area contributed by atoms with E-state index in [4.69, 9.17) is 4.74 Å². The third kappa shape index (κ3) is 4.46. The molecule has 0 radical (unpaired) electrons. The van der Waals surface area contributed by atoms with Crippen molar-refractivity contribution in [3.8, 4) is 5.75 Å². The Kier molecular flexibility index (Phi) is 5.64. The molecule has 1 aromatic heterocycles. The summed E-state index contributed by atoms with van der Waals surface area (Å²) in [5, 5.41) is 0. The molecule has 0 bridgehead atoms. The molecule has 0 saturated carbocycles. The van der Waals surface area contributed by atoms with Crippen molar-refractivity contribution < 1.29 is 9.53 Å². The molecule has 0 unspecified atom stereocenters. The van der Waals surface area contributed by atoms with Crippen LogP contribution in [0.3, 0.4) is 0 Å². The highest BCUT2D eigenvalue weighted by Gasteiger charge is 2.25. The molecule has 0 aliphatic carbocycles. The zero-order valence-corrected chi connectivity index (χ0v) is 17.5. The first kappa shape index (κ1) is 20.2. The summed E-state index contributed by atoms with van der Waals surface area (Å²) in [5.74, 6) is 0.687. The molecular weight excluding hydrogens is 352 g/mol. The zero-order chi connectivity index (χ0) is 20.5. The molecule has 0 spiro atoms. The molecule has 28 heavy (non-hydrogen) atoms. The molecule has 1 aliphatic rings. The van der Waals surface area contributed by atoms with E-state index < -0.39 is 0 Å². The van der Waals surface area contributed by atoms with E-state index in [1.807, 2.05) is 42.2 Å². The number of ether oxygens (including phenoxy) is 1. The fraction of sp³-hybridized carbons (Fsp3) is 0.478. The molecule has 5 heteroatoms. The lowest BCUT2D eigenvalue weighted by molar-refractivity contribution is 0.0595. The minimum atomic E-state index is -0.0682. The Balaban J connectivity index is 1.59. The Morgan fingerprint density at radius 1 is 1.07 bits per heavy atom. The molecule has 2 heterocycles. The third-order valence-corrected chi connectivity index (χ3v) is 5.51. The quantitative estimate of drug-likeness (QED) is 0.814. The summed E-state index contributed by atoms with van der Waals surface area (Å²) in [4.78, 5) is 26.6. The minimum Gasteiger partial charge on any atom is -0.490 e. The van der Waals surface area contributed by atoms with E-state index in [-0.39, 0.29) is 23.0 Å². The van der Waals surface area contributed by atoms with Crippen LogP contribution in [0.25, 0.3) is 0 Å². The number of aryl methyl sites for hydroxylation is 1. The second-order valence-electron chi connectivity index (χ2n) is 8.67. The molecular formula is C23H30N2O3. The Hall–Kier alpha value is -2.56. The van der Waals surface area contributed by atoms with Gasteiger partial charge in [-0.3, -0.25) is 9.59 Å². The first-order chi connectivity index (χ1) is 13.1. The summed E-state index contributed by atoms with van der Waals surface area (Å²) in [6.07, 6.45) is 1.55. The first-order valence-electron chi connectivity index (χ1n) is 9.89. The van der Waals surface area contributed by atoms with Gasteiger partial charge < -0.3 is 14.2 Å². The van der Waals surface area contributed by atoms with Crippen LogP contribution in [-0.4, -0.2) is 34.6 Å². The predicted molar refractivity (Wildman–Crippen MR) is 111 cm³/mol. The molecule has 1 aromatic carbocycles. The van der Waals surface area contributed by atoms with Crippen molar-refractivity contribution >= 4 is 5.91 Å². The third-order valence-electron chi connectivity index (χ3n) is 5.51. The van der Waals surface area contributed by atoms with Crippen LogP contribution < -0.4 is 10.3 Å². The summed E-state index contributed by atoms with van der Waals surface area (Å²) in [5.41, 5.74) is 2.83. The lowest BCUT2D eigenvalue weighted by Crippen LogP contribution is -2.41. The van der Waals surface area contributed by atoms with E-state index in [2.05, 4.69) is 20.8 Å². The standard InChI is InChI=1S/C23H30N2O3/c1-16-14-20(15-21(26)24(16)5)28-19-10-12-25(13-11-19)22(27)17-6-8-18(9-7-17)23(2,3)4/h6-9,14-15,19H,10-13H2,1-5H3. The van der Waals surface area contributed by atoms with E-state index >= 15 is 0 Å². The molecule has 150 valence electrons. The fourth-order valence-electron chi connectivity index (χ4n) is 3.47. The number of carbonyl (C=O) groups excluding carboxylic acids is 1. The van der Waals surface area contributed by atoms with Crippen LogP contribution in [0.15, 0.2) is 41.2 Å². The number of pyridine rings is 1. The van der Waals surface area contributed by atoms with Crippen molar-refractivity contribution in [2.75, 3.05) is 13.1 Å². The Morgan fingerprint density at radius 2 is 1.68 bits per heavy atom. The average molecular weight is 383 g/mol. The van der Waals surface area contributed by atoms with Crippen molar-refractivity contribution in [1.82, 2.24) is 9.47 Å². The number of amides is 1. The SMILES string of the molecule is Cc1cc(OC2CCN(C(=O)c3ccc(C(C)(C)C)cc3)CC2)cc(=O)n1C. The van der Waals surface area contributed by atoms with Gasteiger partial charge in [0.05, 0.1) is 0 Å². The monoisotopic (exact) mass is 382 g/mol. The van der Waals surface area contributed by atoms with Gasteiger partial charge in [0, 0.05) is 50.3 Å². The summed E-state index contributed by atoms with van der Waals surface area (Å²) in [6.45, 7) is 9.71. The maximum absolute atomic E-state index is 12.8. The Morgan fingerprint density at radius 3 is 2.21 bits per heavy atom. The van der Waals surface area contributed by atoms with Crippen molar-refractivity contribution in [1.29, 1.82) is 0 Å². The molecule has 3 rings (SSSR count). The topological polar surface area (TPSA) is 51.5 Å². The molecule has 0 atom stereocenters. The van der Waals surface area contributed by atoms with Crippen LogP contribution in [0.1, 0.15) is 55.2 Å². The van der Waals surface area contributed by atoms with Crippen molar-refractivity contribution in [3.63, 3.8) is 0 Å². The molecule has 1 saturated heterocycles. The van der Waals surface area contributed by atoms with Gasteiger partial charge in [-0.05, 0) is 36.1 Å². The van der Waals surface area contributed by atoms with Gasteiger partial charge in [0.2, 0.25) is 0 Å². The van der Waals surface area contributed by atoms with Gasteiger partial charge in [-0.25, -0.2) is 0 Å². The van der Waals surface area contributed by atoms with Crippen LogP contribution >= 0.6 is 0 Å². The van der Waals surface area contributed by atoms with Gasteiger partial charge in [-0.15, -0.1) is 0 Å². The maximum atomic E-state index is 12.8. The second kappa shape index (κ2) is 7.82. The summed E-state index contributed by atoms with van der Waals surface area (Å²) in [7, 11) is 1.75. The molecule has 0 N–H and O–H groups in total. The largest absolute Gasteiger partial charge is 0.490 e. The van der Waals surface area contributed by atoms with Gasteiger partial charge >= 0.3 is 0 Å².